The van der Waals surface area contributed by atoms with E-state index in [0.717, 1.165) is 24.2 Å². The van der Waals surface area contributed by atoms with Gasteiger partial charge in [0, 0.05) is 17.6 Å². The molecule has 0 unspecified atom stereocenters. The summed E-state index contributed by atoms with van der Waals surface area (Å²) in [6.45, 7) is 2.87. The Hall–Kier alpha value is -1.20. The molecule has 1 saturated carbocycles. The van der Waals surface area contributed by atoms with Crippen molar-refractivity contribution < 1.29 is 0 Å². The van der Waals surface area contributed by atoms with Gasteiger partial charge in [0.2, 0.25) is 4.80 Å². The van der Waals surface area contributed by atoms with Crippen molar-refractivity contribution in [2.45, 2.75) is 39.0 Å². The summed E-state index contributed by atoms with van der Waals surface area (Å²) in [6, 6.07) is 4.24. The van der Waals surface area contributed by atoms with Crippen LogP contribution in [0, 0.1) is 0 Å². The fraction of sp³-hybridized carbons (Fsp3) is 0.467. The molecule has 3 nitrogen and oxygen atoms in total. The lowest BCUT2D eigenvalue weighted by Crippen LogP contribution is -2.16. The van der Waals surface area contributed by atoms with Crippen LogP contribution in [0.2, 0.25) is 0 Å². The molecule has 1 fully saturated rings. The standard InChI is InChI=1S/C15H19N3S2/c1-2-16-15-18(17-12-7-4-3-5-8-12)13(11-20-15)14-9-6-10-19-14/h6,9-11H,2-5,7-8H2,1H3. The average molecular weight is 305 g/mol. The maximum Gasteiger partial charge on any atom is 0.206 e. The first-order valence-corrected chi connectivity index (χ1v) is 8.96. The van der Waals surface area contributed by atoms with Gasteiger partial charge in [-0.3, -0.25) is 4.99 Å². The third kappa shape index (κ3) is 2.94. The topological polar surface area (TPSA) is 29.6 Å². The zero-order valence-electron chi connectivity index (χ0n) is 11.7. The van der Waals surface area contributed by atoms with Crippen LogP contribution in [0.15, 0.2) is 33.0 Å². The summed E-state index contributed by atoms with van der Waals surface area (Å²) in [4.78, 5) is 6.85. The summed E-state index contributed by atoms with van der Waals surface area (Å²) in [5, 5.41) is 9.20. The Labute approximate surface area is 127 Å². The molecule has 0 amide bonds. The number of hydrogen-bond acceptors (Lipinski definition) is 4. The van der Waals surface area contributed by atoms with Crippen molar-refractivity contribution in [1.82, 2.24) is 4.68 Å². The minimum absolute atomic E-state index is 0.801. The molecule has 106 valence electrons. The van der Waals surface area contributed by atoms with E-state index >= 15 is 0 Å². The van der Waals surface area contributed by atoms with Gasteiger partial charge in [0.1, 0.15) is 0 Å². The van der Waals surface area contributed by atoms with Crippen LogP contribution in [0.1, 0.15) is 39.0 Å². The monoisotopic (exact) mass is 305 g/mol. The van der Waals surface area contributed by atoms with Gasteiger partial charge in [0.05, 0.1) is 10.6 Å². The van der Waals surface area contributed by atoms with E-state index in [9.17, 15) is 0 Å². The molecule has 2 aromatic rings. The van der Waals surface area contributed by atoms with E-state index in [-0.39, 0.29) is 0 Å². The van der Waals surface area contributed by atoms with Gasteiger partial charge in [-0.1, -0.05) is 12.5 Å². The number of rotatable bonds is 3. The molecule has 5 heteroatoms. The van der Waals surface area contributed by atoms with Crippen molar-refractivity contribution in [2.75, 3.05) is 6.54 Å². The Morgan fingerprint density at radius 2 is 2.05 bits per heavy atom. The molecule has 0 atom stereocenters. The SMILES string of the molecule is CCN=c1scc(-c2cccs2)n1N=C1CCCCC1. The molecular formula is C15H19N3S2. The zero-order chi connectivity index (χ0) is 13.8. The minimum atomic E-state index is 0.801. The van der Waals surface area contributed by atoms with Crippen LogP contribution < -0.4 is 4.80 Å². The van der Waals surface area contributed by atoms with Gasteiger partial charge in [-0.25, -0.2) is 4.68 Å². The summed E-state index contributed by atoms with van der Waals surface area (Å²) in [6.07, 6.45) is 6.17. The van der Waals surface area contributed by atoms with E-state index in [1.165, 1.54) is 35.5 Å². The van der Waals surface area contributed by atoms with Crippen LogP contribution in [0.3, 0.4) is 0 Å². The highest BCUT2D eigenvalue weighted by molar-refractivity contribution is 7.14. The van der Waals surface area contributed by atoms with Gasteiger partial charge in [0.25, 0.3) is 0 Å². The van der Waals surface area contributed by atoms with Crippen LogP contribution >= 0.6 is 22.7 Å². The Balaban J connectivity index is 2.06. The first kappa shape index (κ1) is 13.8. The normalized spacial score (nSPS) is 16.6. The summed E-state index contributed by atoms with van der Waals surface area (Å²) in [5.41, 5.74) is 2.50. The third-order valence-corrected chi connectivity index (χ3v) is 5.17. The summed E-state index contributed by atoms with van der Waals surface area (Å²) in [7, 11) is 0. The predicted molar refractivity (Wildman–Crippen MR) is 87.6 cm³/mol. The van der Waals surface area contributed by atoms with Crippen LogP contribution in [0.5, 0.6) is 0 Å². The highest BCUT2D eigenvalue weighted by atomic mass is 32.1. The van der Waals surface area contributed by atoms with Gasteiger partial charge in [0.15, 0.2) is 0 Å². The molecule has 0 saturated heterocycles. The largest absolute Gasteiger partial charge is 0.258 e. The van der Waals surface area contributed by atoms with Crippen molar-refractivity contribution in [3.05, 3.63) is 27.7 Å². The average Bonchev–Trinajstić information content (AvgIpc) is 3.11. The van der Waals surface area contributed by atoms with Crippen LogP contribution in [0.4, 0.5) is 0 Å². The zero-order valence-corrected chi connectivity index (χ0v) is 13.3. The van der Waals surface area contributed by atoms with Gasteiger partial charge in [-0.15, -0.1) is 22.7 Å². The Bertz CT molecular complexity index is 639. The van der Waals surface area contributed by atoms with Gasteiger partial charge in [-0.05, 0) is 44.1 Å². The van der Waals surface area contributed by atoms with Crippen LogP contribution in [-0.2, 0) is 0 Å². The van der Waals surface area contributed by atoms with Crippen molar-refractivity contribution in [3.8, 4) is 10.6 Å². The second kappa shape index (κ2) is 6.50. The van der Waals surface area contributed by atoms with Crippen LogP contribution in [0.25, 0.3) is 10.6 Å². The molecule has 1 aliphatic rings. The van der Waals surface area contributed by atoms with Gasteiger partial charge >= 0.3 is 0 Å². The molecule has 3 rings (SSSR count). The maximum absolute atomic E-state index is 4.91. The Morgan fingerprint density at radius 1 is 1.20 bits per heavy atom. The van der Waals surface area contributed by atoms with E-state index in [1.807, 2.05) is 0 Å². The van der Waals surface area contributed by atoms with E-state index in [4.69, 9.17) is 5.10 Å². The number of thiazole rings is 1. The molecule has 0 N–H and O–H groups in total. The summed E-state index contributed by atoms with van der Waals surface area (Å²) in [5.74, 6) is 0. The molecule has 2 heterocycles. The van der Waals surface area contributed by atoms with E-state index < -0.39 is 0 Å². The van der Waals surface area contributed by atoms with Crippen molar-refractivity contribution >= 4 is 28.4 Å². The highest BCUT2D eigenvalue weighted by Gasteiger charge is 2.11. The second-order valence-electron chi connectivity index (χ2n) is 4.89. The highest BCUT2D eigenvalue weighted by Crippen LogP contribution is 2.25. The smallest absolute Gasteiger partial charge is 0.206 e. The molecule has 2 aromatic heterocycles. The first-order valence-electron chi connectivity index (χ1n) is 7.20. The quantitative estimate of drug-likeness (QED) is 0.806. The number of thiophene rings is 1. The third-order valence-electron chi connectivity index (χ3n) is 3.42. The molecule has 0 radical (unpaired) electrons. The Morgan fingerprint density at radius 3 is 2.75 bits per heavy atom. The van der Waals surface area contributed by atoms with Crippen molar-refractivity contribution in [3.63, 3.8) is 0 Å². The summed E-state index contributed by atoms with van der Waals surface area (Å²) >= 11 is 3.44. The molecule has 0 aliphatic heterocycles. The molecule has 20 heavy (non-hydrogen) atoms. The number of nitrogens with zero attached hydrogens (tertiary/aromatic N) is 3. The predicted octanol–water partition coefficient (Wildman–Crippen LogP) is 4.37. The van der Waals surface area contributed by atoms with Crippen molar-refractivity contribution in [2.24, 2.45) is 10.1 Å². The number of hydrogen-bond donors (Lipinski definition) is 0. The fourth-order valence-corrected chi connectivity index (χ4v) is 4.12. The second-order valence-corrected chi connectivity index (χ2v) is 6.68. The van der Waals surface area contributed by atoms with Gasteiger partial charge < -0.3 is 0 Å². The lowest BCUT2D eigenvalue weighted by Gasteiger charge is -2.12. The minimum Gasteiger partial charge on any atom is -0.258 e. The molecule has 1 aliphatic carbocycles. The summed E-state index contributed by atoms with van der Waals surface area (Å²) < 4.78 is 2.06. The Kier molecular flexibility index (Phi) is 4.47. The maximum atomic E-state index is 4.91. The fourth-order valence-electron chi connectivity index (χ4n) is 2.44. The van der Waals surface area contributed by atoms with E-state index in [1.54, 1.807) is 22.7 Å². The van der Waals surface area contributed by atoms with E-state index in [2.05, 4.69) is 39.5 Å². The van der Waals surface area contributed by atoms with E-state index in [0.29, 0.717) is 0 Å². The molecule has 0 aromatic carbocycles. The molecule has 0 spiro atoms. The molecular weight excluding hydrogens is 286 g/mol. The van der Waals surface area contributed by atoms with Gasteiger partial charge in [-0.2, -0.15) is 5.10 Å². The first-order chi connectivity index (χ1) is 9.88. The molecule has 0 bridgehead atoms. The van der Waals surface area contributed by atoms with Crippen LogP contribution in [-0.4, -0.2) is 16.9 Å². The lowest BCUT2D eigenvalue weighted by atomic mass is 9.99. The lowest BCUT2D eigenvalue weighted by molar-refractivity contribution is 0.655. The van der Waals surface area contributed by atoms with Crippen molar-refractivity contribution in [1.29, 1.82) is 0 Å². The number of aromatic nitrogens is 1.